The van der Waals surface area contributed by atoms with E-state index in [1.165, 1.54) is 11.1 Å². The fourth-order valence-electron chi connectivity index (χ4n) is 1.74. The van der Waals surface area contributed by atoms with Gasteiger partial charge in [0.25, 0.3) is 0 Å². The molecule has 0 heteroatoms. The monoisotopic (exact) mass is 398 g/mol. The molecule has 2 aliphatic carbocycles. The lowest BCUT2D eigenvalue weighted by atomic mass is 10.0. The minimum atomic E-state index is 0. The zero-order chi connectivity index (χ0) is 21.8. The van der Waals surface area contributed by atoms with Crippen molar-refractivity contribution in [1.82, 2.24) is 0 Å². The lowest BCUT2D eigenvalue weighted by molar-refractivity contribution is 0.736. The number of hydrogen-bond acceptors (Lipinski definition) is 0. The molecule has 0 bridgehead atoms. The highest BCUT2D eigenvalue weighted by Crippen LogP contribution is 2.13. The zero-order valence-corrected chi connectivity index (χ0v) is 20.1. The van der Waals surface area contributed by atoms with Crippen molar-refractivity contribution in [3.05, 3.63) is 84.0 Å². The van der Waals surface area contributed by atoms with Crippen molar-refractivity contribution in [2.45, 2.75) is 88.5 Å². The quantitative estimate of drug-likeness (QED) is 0.441. The first-order valence-electron chi connectivity index (χ1n) is 10.9. The predicted molar refractivity (Wildman–Crippen MR) is 139 cm³/mol. The van der Waals surface area contributed by atoms with Crippen LogP contribution in [0.2, 0.25) is 0 Å². The van der Waals surface area contributed by atoms with E-state index in [9.17, 15) is 0 Å². The number of aryl methyl sites for hydroxylation is 1. The van der Waals surface area contributed by atoms with Gasteiger partial charge in [0.2, 0.25) is 0 Å². The van der Waals surface area contributed by atoms with E-state index in [4.69, 9.17) is 0 Å². The van der Waals surface area contributed by atoms with Gasteiger partial charge in [-0.25, -0.2) is 0 Å². The molecule has 29 heavy (non-hydrogen) atoms. The third kappa shape index (κ3) is 31.1. The van der Waals surface area contributed by atoms with Gasteiger partial charge in [-0.1, -0.05) is 141 Å². The minimum Gasteiger partial charge on any atom is -0.0808 e. The maximum absolute atomic E-state index is 2.21. The molecule has 0 N–H and O–H groups in total. The van der Waals surface area contributed by atoms with E-state index in [0.29, 0.717) is 5.92 Å². The molecule has 0 radical (unpaired) electrons. The number of benzene rings is 1. The predicted octanol–water partition coefficient (Wildman–Crippen LogP) is 10.1. The average molecular weight is 399 g/mol. The highest BCUT2D eigenvalue weighted by Gasteiger charge is 1.95. The van der Waals surface area contributed by atoms with E-state index in [-0.39, 0.29) is 7.43 Å². The topological polar surface area (TPSA) is 0 Å². The second-order valence-electron chi connectivity index (χ2n) is 8.71. The van der Waals surface area contributed by atoms with Crippen LogP contribution in [-0.2, 0) is 0 Å². The van der Waals surface area contributed by atoms with Crippen LogP contribution in [0.1, 0.15) is 92.7 Å². The summed E-state index contributed by atoms with van der Waals surface area (Å²) in [6.07, 6.45) is 19.0. The lowest BCUT2D eigenvalue weighted by Crippen LogP contribution is -1.85. The third-order valence-electron chi connectivity index (χ3n) is 3.05. The van der Waals surface area contributed by atoms with Crippen molar-refractivity contribution in [3.8, 4) is 0 Å². The number of rotatable bonds is 1. The number of allylic oxidation sites excluding steroid dienone is 8. The second-order valence-corrected chi connectivity index (χ2v) is 8.71. The van der Waals surface area contributed by atoms with Crippen LogP contribution in [0, 0.1) is 18.8 Å². The summed E-state index contributed by atoms with van der Waals surface area (Å²) in [4.78, 5) is 0. The molecule has 0 heterocycles. The minimum absolute atomic E-state index is 0. The van der Waals surface area contributed by atoms with Crippen LogP contribution < -0.4 is 0 Å². The van der Waals surface area contributed by atoms with E-state index < -0.39 is 0 Å². The standard InChI is InChI=1S/C10H14.2C5H6.2C4H10.CH4/c1-8(2)10-6-4-9(3)5-7-10;2*1-2-4-5-3-1;2*1-4(2)3;/h4-8H,1-3H3;2*1-4H,5H2;2*4H,1-3H3;1H4. The van der Waals surface area contributed by atoms with E-state index in [1.807, 2.05) is 0 Å². The van der Waals surface area contributed by atoms with E-state index in [0.717, 1.165) is 24.7 Å². The van der Waals surface area contributed by atoms with Crippen LogP contribution in [0.4, 0.5) is 0 Å². The summed E-state index contributed by atoms with van der Waals surface area (Å²) in [5.41, 5.74) is 2.76. The van der Waals surface area contributed by atoms with Crippen LogP contribution in [0.3, 0.4) is 0 Å². The second kappa shape index (κ2) is 22.5. The summed E-state index contributed by atoms with van der Waals surface area (Å²) in [6, 6.07) is 8.71. The fourth-order valence-corrected chi connectivity index (χ4v) is 1.74. The number of hydrogen-bond donors (Lipinski definition) is 0. The Morgan fingerprint density at radius 2 is 0.828 bits per heavy atom. The van der Waals surface area contributed by atoms with Gasteiger partial charge in [0.15, 0.2) is 0 Å². The largest absolute Gasteiger partial charge is 0.0808 e. The fraction of sp³-hybridized carbons (Fsp3) is 0.517. The van der Waals surface area contributed by atoms with Crippen LogP contribution in [0.15, 0.2) is 72.9 Å². The molecule has 166 valence electrons. The molecule has 0 amide bonds. The first kappa shape index (κ1) is 31.9. The molecule has 2 aliphatic rings. The highest BCUT2D eigenvalue weighted by atomic mass is 14.0. The molecule has 1 aromatic rings. The molecule has 0 saturated carbocycles. The Morgan fingerprint density at radius 3 is 1.00 bits per heavy atom. The zero-order valence-electron chi connectivity index (χ0n) is 20.1. The van der Waals surface area contributed by atoms with Crippen LogP contribution in [0.25, 0.3) is 0 Å². The maximum Gasteiger partial charge on any atom is -0.0163 e. The van der Waals surface area contributed by atoms with Crippen LogP contribution in [0.5, 0.6) is 0 Å². The van der Waals surface area contributed by atoms with Gasteiger partial charge in [0.1, 0.15) is 0 Å². The SMILES string of the molecule is C.C1=CCC=C1.C1=CCC=C1.CC(C)C.CC(C)C.Cc1ccc(C(C)C)cc1. The summed E-state index contributed by atoms with van der Waals surface area (Å²) in [5.74, 6) is 2.32. The summed E-state index contributed by atoms with van der Waals surface area (Å²) in [5, 5.41) is 0. The van der Waals surface area contributed by atoms with Gasteiger partial charge in [0, 0.05) is 0 Å². The van der Waals surface area contributed by atoms with Crippen molar-refractivity contribution in [1.29, 1.82) is 0 Å². The van der Waals surface area contributed by atoms with Gasteiger partial charge >= 0.3 is 0 Å². The first-order chi connectivity index (χ1) is 13.2. The Morgan fingerprint density at radius 1 is 0.552 bits per heavy atom. The molecule has 1 aromatic carbocycles. The van der Waals surface area contributed by atoms with Crippen molar-refractivity contribution < 1.29 is 0 Å². The summed E-state index contributed by atoms with van der Waals surface area (Å²) >= 11 is 0. The van der Waals surface area contributed by atoms with E-state index in [2.05, 4.69) is 135 Å². The van der Waals surface area contributed by atoms with E-state index in [1.54, 1.807) is 0 Å². The van der Waals surface area contributed by atoms with Gasteiger partial charge in [-0.15, -0.1) is 0 Å². The molecule has 0 atom stereocenters. The summed E-state index contributed by atoms with van der Waals surface area (Å²) in [6.45, 7) is 19.5. The smallest absolute Gasteiger partial charge is 0.0163 e. The molecular weight excluding hydrogens is 348 g/mol. The molecule has 0 saturated heterocycles. The summed E-state index contributed by atoms with van der Waals surface area (Å²) < 4.78 is 0. The highest BCUT2D eigenvalue weighted by molar-refractivity contribution is 5.23. The summed E-state index contributed by atoms with van der Waals surface area (Å²) in [7, 11) is 0. The van der Waals surface area contributed by atoms with Gasteiger partial charge in [-0.05, 0) is 43.1 Å². The third-order valence-corrected chi connectivity index (χ3v) is 3.05. The Bertz CT molecular complexity index is 495. The van der Waals surface area contributed by atoms with Gasteiger partial charge in [-0.2, -0.15) is 0 Å². The molecule has 3 rings (SSSR count). The Labute approximate surface area is 184 Å². The molecule has 0 fully saturated rings. The van der Waals surface area contributed by atoms with Crippen molar-refractivity contribution in [2.24, 2.45) is 11.8 Å². The Hall–Kier alpha value is -1.82. The van der Waals surface area contributed by atoms with Crippen LogP contribution >= 0.6 is 0 Å². The van der Waals surface area contributed by atoms with Gasteiger partial charge in [0.05, 0.1) is 0 Å². The van der Waals surface area contributed by atoms with Gasteiger partial charge < -0.3 is 0 Å². The Kier molecular flexibility index (Phi) is 24.7. The Balaban J connectivity index is -0.000000308. The maximum atomic E-state index is 2.21. The van der Waals surface area contributed by atoms with E-state index >= 15 is 0 Å². The van der Waals surface area contributed by atoms with Crippen molar-refractivity contribution in [2.75, 3.05) is 0 Å². The molecule has 0 spiro atoms. The van der Waals surface area contributed by atoms with Crippen molar-refractivity contribution in [3.63, 3.8) is 0 Å². The molecule has 0 nitrogen and oxygen atoms in total. The molecule has 0 aliphatic heterocycles. The van der Waals surface area contributed by atoms with Gasteiger partial charge in [-0.3, -0.25) is 0 Å². The van der Waals surface area contributed by atoms with Crippen LogP contribution in [-0.4, -0.2) is 0 Å². The molecular formula is C29H50. The first-order valence-corrected chi connectivity index (χ1v) is 10.9. The normalized spacial score (nSPS) is 12.1. The average Bonchev–Trinajstić information content (AvgIpc) is 3.33. The van der Waals surface area contributed by atoms with Crippen molar-refractivity contribution >= 4 is 0 Å². The lowest BCUT2D eigenvalue weighted by Gasteiger charge is -2.03. The molecule has 0 aromatic heterocycles. The molecule has 0 unspecified atom stereocenters.